The zero-order valence-electron chi connectivity index (χ0n) is 20.1. The number of carbonyl (C=O) groups excluding carboxylic acids is 1. The number of phenolic OH excluding ortho intramolecular Hbond substituents is 6. The number of benzene rings is 2. The fourth-order valence-electron chi connectivity index (χ4n) is 4.07. The molecule has 11 N–H and O–H groups in total. The Morgan fingerprint density at radius 2 is 1.48 bits per heavy atom. The van der Waals surface area contributed by atoms with E-state index in [1.54, 1.807) is 0 Å². The molecule has 2 aliphatic rings. The highest BCUT2D eigenvalue weighted by molar-refractivity contribution is 5.90. The van der Waals surface area contributed by atoms with Gasteiger partial charge in [-0.05, 0) is 12.1 Å². The Labute approximate surface area is 223 Å². The lowest BCUT2D eigenvalue weighted by Crippen LogP contribution is -2.59. The normalized spacial score (nSPS) is 25.7. The number of esters is 1. The average Bonchev–Trinajstić information content (AvgIpc) is 2.89. The summed E-state index contributed by atoms with van der Waals surface area (Å²) in [7, 11) is 0. The van der Waals surface area contributed by atoms with Gasteiger partial charge in [-0.3, -0.25) is 9.59 Å². The van der Waals surface area contributed by atoms with Crippen LogP contribution < -0.4 is 0 Å². The molecule has 2 aromatic carbocycles. The SMILES string of the molecule is O=C(O)CC(=O)OCC1OC(OC2=Cc3c(cc(O)c(O)c3O)[OH+]C2c2cc(O)c(O)c(O)c2)C(O)C(O)C1O. The van der Waals surface area contributed by atoms with Gasteiger partial charge >= 0.3 is 11.9 Å². The number of rotatable bonds is 7. The lowest BCUT2D eigenvalue weighted by atomic mass is 9.98. The number of aliphatic carboxylic acids is 1. The predicted octanol–water partition coefficient (Wildman–Crippen LogP) is -0.901. The first kappa shape index (κ1) is 28.4. The van der Waals surface area contributed by atoms with Crippen molar-refractivity contribution in [3.8, 4) is 40.2 Å². The van der Waals surface area contributed by atoms with Gasteiger partial charge in [-0.25, -0.2) is 0 Å². The molecule has 6 unspecified atom stereocenters. The standard InChI is InChI=1S/C24H24O16/c25-9-1-7(2-10(26)18(9)32)23-13(3-8-12(38-23)4-11(27)19(33)17(8)31)39-24-22(36)21(35)20(34)14(40-24)6-37-16(30)5-15(28)29/h1-4,14,20-27,31-36H,5-6H2,(H,28,29)/p+1. The van der Waals surface area contributed by atoms with E-state index >= 15 is 0 Å². The third-order valence-corrected chi connectivity index (χ3v) is 6.13. The van der Waals surface area contributed by atoms with E-state index in [4.69, 9.17) is 19.3 Å². The molecule has 0 bridgehead atoms. The van der Waals surface area contributed by atoms with Crippen molar-refractivity contribution in [1.82, 2.24) is 0 Å². The van der Waals surface area contributed by atoms with Gasteiger partial charge in [0.2, 0.25) is 12.0 Å². The molecule has 4 rings (SSSR count). The van der Waals surface area contributed by atoms with E-state index in [0.717, 1.165) is 24.3 Å². The monoisotopic (exact) mass is 569 g/mol. The summed E-state index contributed by atoms with van der Waals surface area (Å²) in [5.74, 6) is -7.77. The number of hydrogen-bond acceptors (Lipinski definition) is 14. The molecule has 0 spiro atoms. The summed E-state index contributed by atoms with van der Waals surface area (Å²) in [6.07, 6.45) is -10.1. The van der Waals surface area contributed by atoms with Crippen molar-refractivity contribution in [1.29, 1.82) is 0 Å². The zero-order valence-corrected chi connectivity index (χ0v) is 20.1. The minimum atomic E-state index is -1.92. The second kappa shape index (κ2) is 10.9. The van der Waals surface area contributed by atoms with E-state index in [9.17, 15) is 55.5 Å². The van der Waals surface area contributed by atoms with Gasteiger partial charge in [-0.15, -0.1) is 0 Å². The maximum absolute atomic E-state index is 11.6. The highest BCUT2D eigenvalue weighted by Crippen LogP contribution is 2.51. The van der Waals surface area contributed by atoms with Crippen LogP contribution in [0.1, 0.15) is 23.7 Å². The second-order valence-corrected chi connectivity index (χ2v) is 8.90. The van der Waals surface area contributed by atoms with Gasteiger partial charge in [0.1, 0.15) is 43.0 Å². The first-order chi connectivity index (χ1) is 18.8. The molecule has 0 aromatic heterocycles. The van der Waals surface area contributed by atoms with Crippen LogP contribution in [-0.2, 0) is 23.8 Å². The maximum Gasteiger partial charge on any atom is 0.317 e. The van der Waals surface area contributed by atoms with Crippen molar-refractivity contribution >= 4 is 18.0 Å². The number of hydrogen-bond donors (Lipinski definition) is 10. The molecule has 2 aliphatic heterocycles. The van der Waals surface area contributed by atoms with Crippen LogP contribution in [0.2, 0.25) is 0 Å². The third kappa shape index (κ3) is 5.41. The summed E-state index contributed by atoms with van der Waals surface area (Å²) in [6.45, 7) is -0.736. The number of aromatic hydroxyl groups is 7. The summed E-state index contributed by atoms with van der Waals surface area (Å²) in [5.41, 5.74) is -0.180. The number of aliphatic hydroxyl groups excluding tert-OH is 3. The van der Waals surface area contributed by atoms with Gasteiger partial charge in [0, 0.05) is 6.08 Å². The number of phenols is 6. The molecule has 1 fully saturated rings. The molecule has 16 heteroatoms. The van der Waals surface area contributed by atoms with Gasteiger partial charge in [0.15, 0.2) is 34.5 Å². The molecule has 16 nitrogen and oxygen atoms in total. The van der Waals surface area contributed by atoms with Crippen molar-refractivity contribution in [2.75, 3.05) is 6.61 Å². The van der Waals surface area contributed by atoms with Gasteiger partial charge in [0.05, 0.1) is 11.6 Å². The number of fused-ring (bicyclic) bond motifs is 1. The molecule has 0 radical (unpaired) electrons. The summed E-state index contributed by atoms with van der Waals surface area (Å²) in [5, 5.41) is 99.8. The smallest absolute Gasteiger partial charge is 0.317 e. The Morgan fingerprint density at radius 1 is 0.850 bits per heavy atom. The molecular formula is C24H25O16+. The van der Waals surface area contributed by atoms with Crippen LogP contribution in [0.5, 0.6) is 40.2 Å². The number of ether oxygens (including phenoxy) is 4. The maximum atomic E-state index is 11.6. The van der Waals surface area contributed by atoms with E-state index in [0.29, 0.717) is 0 Å². The largest absolute Gasteiger partial charge is 0.571 e. The zero-order chi connectivity index (χ0) is 29.5. The van der Waals surface area contributed by atoms with Crippen LogP contribution in [-0.4, -0.2) is 105 Å². The molecule has 2 heterocycles. The van der Waals surface area contributed by atoms with Gasteiger partial charge in [-0.2, -0.15) is 0 Å². The van der Waals surface area contributed by atoms with Crippen molar-refractivity contribution in [2.24, 2.45) is 0 Å². The van der Waals surface area contributed by atoms with Gasteiger partial charge in [-0.1, -0.05) is 0 Å². The molecule has 2 aromatic rings. The molecule has 0 saturated carbocycles. The highest BCUT2D eigenvalue weighted by atomic mass is 16.7. The van der Waals surface area contributed by atoms with Gasteiger partial charge in [0.25, 0.3) is 11.9 Å². The number of carboxylic acids is 1. The van der Waals surface area contributed by atoms with Crippen LogP contribution >= 0.6 is 0 Å². The summed E-state index contributed by atoms with van der Waals surface area (Å²) in [4.78, 5) is 22.3. The number of aliphatic hydroxyl groups is 4. The summed E-state index contributed by atoms with van der Waals surface area (Å²) < 4.78 is 20.3. The Balaban J connectivity index is 1.68. The first-order valence-corrected chi connectivity index (χ1v) is 11.5. The van der Waals surface area contributed by atoms with E-state index in [2.05, 4.69) is 4.74 Å². The predicted molar refractivity (Wildman–Crippen MR) is 126 cm³/mol. The van der Waals surface area contributed by atoms with E-state index < -0.39 is 96.3 Å². The fraction of sp³-hybridized carbons (Fsp3) is 0.333. The van der Waals surface area contributed by atoms with Crippen molar-refractivity contribution in [2.45, 2.75) is 43.2 Å². The van der Waals surface area contributed by atoms with Crippen LogP contribution in [0.25, 0.3) is 6.08 Å². The average molecular weight is 569 g/mol. The van der Waals surface area contributed by atoms with Crippen LogP contribution in [0.15, 0.2) is 24.0 Å². The van der Waals surface area contributed by atoms with E-state index in [1.807, 2.05) is 0 Å². The van der Waals surface area contributed by atoms with Crippen LogP contribution in [0.3, 0.4) is 0 Å². The Morgan fingerprint density at radius 3 is 2.10 bits per heavy atom. The highest BCUT2D eigenvalue weighted by Gasteiger charge is 2.47. The number of carboxylic acid groups (broad SMARTS) is 1. The van der Waals surface area contributed by atoms with E-state index in [1.165, 1.54) is 0 Å². The fourth-order valence-corrected chi connectivity index (χ4v) is 4.07. The van der Waals surface area contributed by atoms with Crippen molar-refractivity contribution < 1.29 is 79.6 Å². The second-order valence-electron chi connectivity index (χ2n) is 8.90. The lowest BCUT2D eigenvalue weighted by Gasteiger charge is -2.40. The molecule has 216 valence electrons. The topological polar surface area (TPSA) is 277 Å². The minimum Gasteiger partial charge on any atom is -0.571 e. The molecule has 6 atom stereocenters. The quantitative estimate of drug-likeness (QED) is 0.0636. The Bertz CT molecular complexity index is 1330. The van der Waals surface area contributed by atoms with Crippen molar-refractivity contribution in [3.05, 3.63) is 35.1 Å². The summed E-state index contributed by atoms with van der Waals surface area (Å²) >= 11 is 0. The molecule has 0 amide bonds. The first-order valence-electron chi connectivity index (χ1n) is 11.5. The Hall–Kier alpha value is -4.64. The lowest BCUT2D eigenvalue weighted by molar-refractivity contribution is -0.296. The Kier molecular flexibility index (Phi) is 7.70. The van der Waals surface area contributed by atoms with Crippen LogP contribution in [0, 0.1) is 0 Å². The van der Waals surface area contributed by atoms with Crippen molar-refractivity contribution in [3.63, 3.8) is 0 Å². The number of carbonyl (C=O) groups is 2. The van der Waals surface area contributed by atoms with Crippen LogP contribution in [0.4, 0.5) is 0 Å². The molecule has 40 heavy (non-hydrogen) atoms. The van der Waals surface area contributed by atoms with Gasteiger partial charge < -0.3 is 70.0 Å². The molecular weight excluding hydrogens is 544 g/mol. The molecule has 0 aliphatic carbocycles. The molecule has 1 saturated heterocycles. The third-order valence-electron chi connectivity index (χ3n) is 6.13. The summed E-state index contributed by atoms with van der Waals surface area (Å²) in [6, 6.07) is 3.01. The minimum absolute atomic E-state index is 0.0122. The van der Waals surface area contributed by atoms with E-state index in [-0.39, 0.29) is 22.6 Å².